The number of hydrogen-bond donors (Lipinski definition) is 1. The van der Waals surface area contributed by atoms with Crippen LogP contribution >= 0.6 is 0 Å². The van der Waals surface area contributed by atoms with Crippen LogP contribution in [0.4, 0.5) is 0 Å². The Balaban J connectivity index is 3.17. The molecular formula is C21H42O4. The van der Waals surface area contributed by atoms with Crippen molar-refractivity contribution in [3.8, 4) is 0 Å². The Morgan fingerprint density at radius 2 is 1.08 bits per heavy atom. The molecule has 1 unspecified atom stereocenters. The highest BCUT2D eigenvalue weighted by molar-refractivity contribution is 5.70. The number of aliphatic carboxylic acids is 1. The van der Waals surface area contributed by atoms with Crippen LogP contribution in [0.15, 0.2) is 0 Å². The van der Waals surface area contributed by atoms with Crippen LogP contribution in [0.25, 0.3) is 0 Å². The minimum absolute atomic E-state index is 0.357. The maximum absolute atomic E-state index is 10.8. The largest absolute Gasteiger partial charge is 0.477 e. The Bertz CT molecular complexity index is 281. The Hall–Kier alpha value is -0.610. The van der Waals surface area contributed by atoms with E-state index in [1.165, 1.54) is 83.5 Å². The second kappa shape index (κ2) is 19.7. The van der Waals surface area contributed by atoms with E-state index in [4.69, 9.17) is 14.6 Å². The van der Waals surface area contributed by atoms with Crippen LogP contribution in [-0.4, -0.2) is 30.6 Å². The van der Waals surface area contributed by atoms with Gasteiger partial charge in [-0.25, -0.2) is 4.79 Å². The fourth-order valence-electron chi connectivity index (χ4n) is 3.01. The van der Waals surface area contributed by atoms with Crippen LogP contribution in [0.2, 0.25) is 0 Å². The molecule has 150 valence electrons. The van der Waals surface area contributed by atoms with Crippen molar-refractivity contribution in [2.75, 3.05) is 13.2 Å². The SMILES string of the molecule is CCCCCCCCCCCCCCCCCOC(OCC)C(=O)O. The van der Waals surface area contributed by atoms with E-state index in [2.05, 4.69) is 6.92 Å². The number of carbonyl (C=O) groups is 1. The first kappa shape index (κ1) is 24.4. The normalized spacial score (nSPS) is 12.4. The molecule has 0 spiro atoms. The molecule has 1 N–H and O–H groups in total. The molecule has 0 radical (unpaired) electrons. The second-order valence-electron chi connectivity index (χ2n) is 6.95. The number of rotatable bonds is 20. The van der Waals surface area contributed by atoms with Crippen molar-refractivity contribution in [2.24, 2.45) is 0 Å². The van der Waals surface area contributed by atoms with Gasteiger partial charge in [0.25, 0.3) is 6.29 Å². The molecular weight excluding hydrogens is 316 g/mol. The van der Waals surface area contributed by atoms with Crippen molar-refractivity contribution >= 4 is 5.97 Å². The zero-order chi connectivity index (χ0) is 18.6. The Kier molecular flexibility index (Phi) is 19.2. The lowest BCUT2D eigenvalue weighted by Gasteiger charge is -2.12. The molecule has 0 aliphatic heterocycles. The highest BCUT2D eigenvalue weighted by atomic mass is 16.7. The summed E-state index contributed by atoms with van der Waals surface area (Å²) in [6.07, 6.45) is 18.7. The topological polar surface area (TPSA) is 55.8 Å². The summed E-state index contributed by atoms with van der Waals surface area (Å²) in [5, 5.41) is 8.88. The second-order valence-corrected chi connectivity index (χ2v) is 6.95. The summed E-state index contributed by atoms with van der Waals surface area (Å²) in [4.78, 5) is 10.8. The Morgan fingerprint density at radius 3 is 1.44 bits per heavy atom. The van der Waals surface area contributed by atoms with Gasteiger partial charge in [-0.3, -0.25) is 0 Å². The maximum atomic E-state index is 10.8. The van der Waals surface area contributed by atoms with E-state index >= 15 is 0 Å². The van der Waals surface area contributed by atoms with Crippen molar-refractivity contribution in [1.82, 2.24) is 0 Å². The van der Waals surface area contributed by atoms with Gasteiger partial charge in [0.05, 0.1) is 6.61 Å². The molecule has 4 nitrogen and oxygen atoms in total. The van der Waals surface area contributed by atoms with Gasteiger partial charge < -0.3 is 14.6 Å². The Morgan fingerprint density at radius 1 is 0.680 bits per heavy atom. The molecule has 0 fully saturated rings. The smallest absolute Gasteiger partial charge is 0.361 e. The quantitative estimate of drug-likeness (QED) is 0.204. The Labute approximate surface area is 155 Å². The maximum Gasteiger partial charge on any atom is 0.361 e. The highest BCUT2D eigenvalue weighted by Gasteiger charge is 2.17. The summed E-state index contributed by atoms with van der Waals surface area (Å²) in [7, 11) is 0. The lowest BCUT2D eigenvalue weighted by atomic mass is 10.0. The summed E-state index contributed by atoms with van der Waals surface area (Å²) in [6, 6.07) is 0. The van der Waals surface area contributed by atoms with Crippen LogP contribution < -0.4 is 0 Å². The predicted octanol–water partition coefficient (Wildman–Crippen LogP) is 6.32. The zero-order valence-electron chi connectivity index (χ0n) is 16.8. The third-order valence-corrected chi connectivity index (χ3v) is 4.54. The van der Waals surface area contributed by atoms with Crippen molar-refractivity contribution in [2.45, 2.75) is 116 Å². The van der Waals surface area contributed by atoms with Crippen molar-refractivity contribution in [3.63, 3.8) is 0 Å². The highest BCUT2D eigenvalue weighted by Crippen LogP contribution is 2.13. The third-order valence-electron chi connectivity index (χ3n) is 4.54. The fourth-order valence-corrected chi connectivity index (χ4v) is 3.01. The number of unbranched alkanes of at least 4 members (excludes halogenated alkanes) is 14. The third kappa shape index (κ3) is 18.0. The van der Waals surface area contributed by atoms with Crippen LogP contribution in [-0.2, 0) is 14.3 Å². The summed E-state index contributed by atoms with van der Waals surface area (Å²) in [5.41, 5.74) is 0. The standard InChI is InChI=1S/C21H42O4/c1-3-5-6-7-8-9-10-11-12-13-14-15-16-17-18-19-25-21(20(22)23)24-4-2/h21H,3-19H2,1-2H3,(H,22,23). The summed E-state index contributed by atoms with van der Waals surface area (Å²) >= 11 is 0. The molecule has 0 aromatic carbocycles. The van der Waals surface area contributed by atoms with Crippen molar-refractivity contribution in [3.05, 3.63) is 0 Å². The predicted molar refractivity (Wildman–Crippen MR) is 104 cm³/mol. The summed E-state index contributed by atoms with van der Waals surface area (Å²) < 4.78 is 10.2. The average Bonchev–Trinajstić information content (AvgIpc) is 2.60. The molecule has 1 atom stereocenters. The van der Waals surface area contributed by atoms with Gasteiger partial charge in [0.1, 0.15) is 0 Å². The molecule has 0 aromatic rings. The van der Waals surface area contributed by atoms with E-state index in [9.17, 15) is 4.79 Å². The van der Waals surface area contributed by atoms with E-state index < -0.39 is 12.3 Å². The van der Waals surface area contributed by atoms with Crippen LogP contribution in [0.5, 0.6) is 0 Å². The van der Waals surface area contributed by atoms with E-state index in [0.717, 1.165) is 12.8 Å². The van der Waals surface area contributed by atoms with Gasteiger partial charge in [-0.05, 0) is 13.3 Å². The van der Waals surface area contributed by atoms with E-state index in [-0.39, 0.29) is 0 Å². The molecule has 0 saturated carbocycles. The number of ether oxygens (including phenoxy) is 2. The van der Waals surface area contributed by atoms with Gasteiger partial charge in [0.2, 0.25) is 0 Å². The summed E-state index contributed by atoms with van der Waals surface area (Å²) in [6.45, 7) is 4.86. The first-order chi connectivity index (χ1) is 12.2. The number of carboxylic acids is 1. The van der Waals surface area contributed by atoms with Crippen molar-refractivity contribution < 1.29 is 19.4 Å². The molecule has 0 bridgehead atoms. The minimum atomic E-state index is -1.10. The number of carboxylic acid groups (broad SMARTS) is 1. The van der Waals surface area contributed by atoms with Gasteiger partial charge in [-0.15, -0.1) is 0 Å². The van der Waals surface area contributed by atoms with Crippen LogP contribution in [0, 0.1) is 0 Å². The lowest BCUT2D eigenvalue weighted by molar-refractivity contribution is -0.188. The average molecular weight is 359 g/mol. The van der Waals surface area contributed by atoms with Gasteiger partial charge in [0, 0.05) is 6.61 Å². The first-order valence-electron chi connectivity index (χ1n) is 10.7. The fraction of sp³-hybridized carbons (Fsp3) is 0.952. The summed E-state index contributed by atoms with van der Waals surface area (Å²) in [5.74, 6) is -1.04. The van der Waals surface area contributed by atoms with Gasteiger partial charge in [-0.2, -0.15) is 0 Å². The molecule has 0 aliphatic carbocycles. The molecule has 0 amide bonds. The van der Waals surface area contributed by atoms with Crippen LogP contribution in [0.1, 0.15) is 110 Å². The van der Waals surface area contributed by atoms with Crippen LogP contribution in [0.3, 0.4) is 0 Å². The molecule has 25 heavy (non-hydrogen) atoms. The molecule has 0 heterocycles. The van der Waals surface area contributed by atoms with E-state index in [1.807, 2.05) is 0 Å². The minimum Gasteiger partial charge on any atom is -0.477 e. The van der Waals surface area contributed by atoms with E-state index in [1.54, 1.807) is 6.92 Å². The van der Waals surface area contributed by atoms with Gasteiger partial charge >= 0.3 is 5.97 Å². The zero-order valence-corrected chi connectivity index (χ0v) is 16.8. The van der Waals surface area contributed by atoms with Gasteiger partial charge in [0.15, 0.2) is 0 Å². The molecule has 0 rings (SSSR count). The first-order valence-corrected chi connectivity index (χ1v) is 10.7. The molecule has 0 aliphatic rings. The molecule has 4 heteroatoms. The number of hydrogen-bond acceptors (Lipinski definition) is 3. The monoisotopic (exact) mass is 358 g/mol. The molecule has 0 saturated heterocycles. The van der Waals surface area contributed by atoms with Gasteiger partial charge in [-0.1, -0.05) is 96.8 Å². The molecule has 0 aromatic heterocycles. The lowest BCUT2D eigenvalue weighted by Crippen LogP contribution is -2.27. The van der Waals surface area contributed by atoms with E-state index in [0.29, 0.717) is 13.2 Å². The van der Waals surface area contributed by atoms with Crippen molar-refractivity contribution in [1.29, 1.82) is 0 Å².